The van der Waals surface area contributed by atoms with Gasteiger partial charge in [0.25, 0.3) is 0 Å². The Morgan fingerprint density at radius 1 is 1.26 bits per heavy atom. The topological polar surface area (TPSA) is 53.1 Å². The molecule has 0 saturated carbocycles. The molecule has 1 aromatic heterocycles. The number of benzene rings is 1. The number of oxazole rings is 1. The third-order valence-electron chi connectivity index (χ3n) is 3.21. The van der Waals surface area contributed by atoms with E-state index in [0.717, 1.165) is 25.9 Å². The van der Waals surface area contributed by atoms with Crippen LogP contribution in [0.15, 0.2) is 28.7 Å². The smallest absolute Gasteiger partial charge is 0.235 e. The zero-order valence-electron chi connectivity index (χ0n) is 10.3. The normalized spacial score (nSPS) is 14.6. The number of aromatic nitrogens is 1. The van der Waals surface area contributed by atoms with E-state index in [1.165, 1.54) is 0 Å². The highest BCUT2D eigenvalue weighted by molar-refractivity contribution is 6.33. The molecule has 0 radical (unpaired) electrons. The van der Waals surface area contributed by atoms with Crippen molar-refractivity contribution in [1.29, 1.82) is 5.26 Å². The zero-order chi connectivity index (χ0) is 13.2. The van der Waals surface area contributed by atoms with E-state index >= 15 is 0 Å². The summed E-state index contributed by atoms with van der Waals surface area (Å²) in [4.78, 5) is 6.31. The van der Waals surface area contributed by atoms with Gasteiger partial charge in [-0.25, -0.2) is 0 Å². The van der Waals surface area contributed by atoms with Gasteiger partial charge in [0.1, 0.15) is 6.07 Å². The third kappa shape index (κ3) is 2.18. The first-order chi connectivity index (χ1) is 9.29. The summed E-state index contributed by atoms with van der Waals surface area (Å²) >= 11 is 6.13. The molecule has 19 heavy (non-hydrogen) atoms. The number of hydrogen-bond donors (Lipinski definition) is 0. The van der Waals surface area contributed by atoms with Crippen LogP contribution in [0.4, 0.5) is 5.88 Å². The number of halogens is 1. The lowest BCUT2D eigenvalue weighted by molar-refractivity contribution is 0.563. The Kier molecular flexibility index (Phi) is 3.14. The van der Waals surface area contributed by atoms with Gasteiger partial charge in [-0.2, -0.15) is 10.2 Å². The highest BCUT2D eigenvalue weighted by Crippen LogP contribution is 2.33. The van der Waals surface area contributed by atoms with E-state index in [9.17, 15) is 5.26 Å². The summed E-state index contributed by atoms with van der Waals surface area (Å²) in [6.07, 6.45) is 2.24. The lowest BCUT2D eigenvalue weighted by atomic mass is 10.2. The van der Waals surface area contributed by atoms with Gasteiger partial charge in [0.2, 0.25) is 17.5 Å². The van der Waals surface area contributed by atoms with Crippen LogP contribution in [0.5, 0.6) is 0 Å². The van der Waals surface area contributed by atoms with Crippen molar-refractivity contribution in [1.82, 2.24) is 4.98 Å². The van der Waals surface area contributed by atoms with Crippen molar-refractivity contribution in [3.63, 3.8) is 0 Å². The van der Waals surface area contributed by atoms with Gasteiger partial charge >= 0.3 is 0 Å². The molecule has 1 aromatic carbocycles. The largest absolute Gasteiger partial charge is 0.419 e. The van der Waals surface area contributed by atoms with Crippen LogP contribution in [0.25, 0.3) is 11.5 Å². The summed E-state index contributed by atoms with van der Waals surface area (Å²) in [6.45, 7) is 1.82. The molecule has 1 fully saturated rings. The second kappa shape index (κ2) is 4.94. The van der Waals surface area contributed by atoms with Crippen LogP contribution in [0.1, 0.15) is 18.5 Å². The molecule has 0 spiro atoms. The fraction of sp³-hybridized carbons (Fsp3) is 0.286. The first-order valence-corrected chi connectivity index (χ1v) is 6.58. The Morgan fingerprint density at radius 3 is 2.68 bits per heavy atom. The van der Waals surface area contributed by atoms with Crippen LogP contribution in [-0.4, -0.2) is 18.1 Å². The number of anilines is 1. The first-order valence-electron chi connectivity index (χ1n) is 6.20. The zero-order valence-corrected chi connectivity index (χ0v) is 11.0. The van der Waals surface area contributed by atoms with E-state index in [0.29, 0.717) is 28.1 Å². The predicted octanol–water partition coefficient (Wildman–Crippen LogP) is 3.47. The minimum Gasteiger partial charge on any atom is -0.419 e. The minimum atomic E-state index is 0.330. The summed E-state index contributed by atoms with van der Waals surface area (Å²) in [5.41, 5.74) is 1.04. The highest BCUT2D eigenvalue weighted by atomic mass is 35.5. The Balaban J connectivity index is 2.05. The molecule has 0 atom stereocenters. The maximum atomic E-state index is 9.18. The van der Waals surface area contributed by atoms with Crippen molar-refractivity contribution in [3.05, 3.63) is 35.0 Å². The average Bonchev–Trinajstić information content (AvgIpc) is 3.08. The van der Waals surface area contributed by atoms with E-state index in [2.05, 4.69) is 16.0 Å². The van der Waals surface area contributed by atoms with Crippen molar-refractivity contribution in [2.45, 2.75) is 12.8 Å². The maximum Gasteiger partial charge on any atom is 0.235 e. The Hall–Kier alpha value is -1.99. The summed E-state index contributed by atoms with van der Waals surface area (Å²) in [5.74, 6) is 0.971. The minimum absolute atomic E-state index is 0.330. The molecule has 0 bridgehead atoms. The molecule has 3 rings (SSSR count). The Morgan fingerprint density at radius 2 is 2.00 bits per heavy atom. The monoisotopic (exact) mass is 273 g/mol. The number of rotatable bonds is 2. The van der Waals surface area contributed by atoms with E-state index in [1.54, 1.807) is 6.07 Å². The molecule has 0 aliphatic carbocycles. The van der Waals surface area contributed by atoms with E-state index < -0.39 is 0 Å². The van der Waals surface area contributed by atoms with Gasteiger partial charge in [-0.3, -0.25) is 0 Å². The van der Waals surface area contributed by atoms with Gasteiger partial charge in [-0.15, -0.1) is 0 Å². The lowest BCUT2D eigenvalue weighted by Crippen LogP contribution is -2.17. The number of nitrogens with zero attached hydrogens (tertiary/aromatic N) is 3. The predicted molar refractivity (Wildman–Crippen MR) is 73.1 cm³/mol. The van der Waals surface area contributed by atoms with Gasteiger partial charge in [0, 0.05) is 13.1 Å². The van der Waals surface area contributed by atoms with Gasteiger partial charge in [0.05, 0.1) is 10.6 Å². The summed E-state index contributed by atoms with van der Waals surface area (Å²) < 4.78 is 5.76. The van der Waals surface area contributed by atoms with Gasteiger partial charge in [-0.05, 0) is 25.0 Å². The summed E-state index contributed by atoms with van der Waals surface area (Å²) in [6, 6.07) is 9.43. The van der Waals surface area contributed by atoms with Crippen molar-refractivity contribution < 1.29 is 4.42 Å². The Labute approximate surface area is 116 Å². The molecule has 96 valence electrons. The van der Waals surface area contributed by atoms with Crippen LogP contribution in [0, 0.1) is 11.3 Å². The molecule has 5 heteroatoms. The number of hydrogen-bond acceptors (Lipinski definition) is 4. The molecular weight excluding hydrogens is 262 g/mol. The van der Waals surface area contributed by atoms with Crippen molar-refractivity contribution in [2.75, 3.05) is 18.0 Å². The van der Waals surface area contributed by atoms with Crippen molar-refractivity contribution >= 4 is 17.5 Å². The standard InChI is InChI=1S/C14H12ClN3O/c15-11-6-2-1-5-10(11)13-17-12(9-16)14(19-13)18-7-3-4-8-18/h1-2,5-6H,3-4,7-8H2. The van der Waals surface area contributed by atoms with Gasteiger partial charge in [-0.1, -0.05) is 23.7 Å². The molecule has 0 amide bonds. The fourth-order valence-electron chi connectivity index (χ4n) is 2.27. The summed E-state index contributed by atoms with van der Waals surface area (Å²) in [7, 11) is 0. The lowest BCUT2D eigenvalue weighted by Gasteiger charge is -2.12. The molecule has 1 saturated heterocycles. The quantitative estimate of drug-likeness (QED) is 0.841. The van der Waals surface area contributed by atoms with Crippen molar-refractivity contribution in [2.24, 2.45) is 0 Å². The third-order valence-corrected chi connectivity index (χ3v) is 3.54. The summed E-state index contributed by atoms with van der Waals surface area (Å²) in [5, 5.41) is 9.75. The first kappa shape index (κ1) is 12.1. The van der Waals surface area contributed by atoms with Crippen LogP contribution in [0.3, 0.4) is 0 Å². The molecular formula is C14H12ClN3O. The van der Waals surface area contributed by atoms with Gasteiger partial charge in [0.15, 0.2) is 0 Å². The van der Waals surface area contributed by atoms with E-state index in [1.807, 2.05) is 18.2 Å². The number of nitriles is 1. The van der Waals surface area contributed by atoms with E-state index in [4.69, 9.17) is 16.0 Å². The van der Waals surface area contributed by atoms with Crippen LogP contribution in [-0.2, 0) is 0 Å². The molecule has 0 unspecified atom stereocenters. The highest BCUT2D eigenvalue weighted by Gasteiger charge is 2.23. The van der Waals surface area contributed by atoms with Crippen molar-refractivity contribution in [3.8, 4) is 17.5 Å². The molecule has 0 N–H and O–H groups in total. The second-order valence-electron chi connectivity index (χ2n) is 4.46. The van der Waals surface area contributed by atoms with E-state index in [-0.39, 0.29) is 0 Å². The average molecular weight is 274 g/mol. The van der Waals surface area contributed by atoms with Crippen LogP contribution >= 0.6 is 11.6 Å². The fourth-order valence-corrected chi connectivity index (χ4v) is 2.49. The molecule has 1 aliphatic rings. The van der Waals surface area contributed by atoms with Crippen LogP contribution < -0.4 is 4.90 Å². The second-order valence-corrected chi connectivity index (χ2v) is 4.87. The molecule has 2 heterocycles. The SMILES string of the molecule is N#Cc1nc(-c2ccccc2Cl)oc1N1CCCC1. The Bertz CT molecular complexity index is 638. The maximum absolute atomic E-state index is 9.18. The van der Waals surface area contributed by atoms with Crippen LogP contribution in [0.2, 0.25) is 5.02 Å². The molecule has 2 aromatic rings. The molecule has 1 aliphatic heterocycles. The molecule has 4 nitrogen and oxygen atoms in total. The van der Waals surface area contributed by atoms with Gasteiger partial charge < -0.3 is 9.32 Å².